The monoisotopic (exact) mass is 929 g/mol. The van der Waals surface area contributed by atoms with Gasteiger partial charge in [0.2, 0.25) is 0 Å². The minimum atomic E-state index is -1.49. The van der Waals surface area contributed by atoms with Crippen molar-refractivity contribution >= 4 is 58.4 Å². The Hall–Kier alpha value is -7.91. The molecular formula is C52H40ClN5O8S. The summed E-state index contributed by atoms with van der Waals surface area (Å²) in [6.07, 6.45) is -5.64. The number of rotatable bonds is 12. The number of benzene rings is 6. The number of aromatic nitrogens is 3. The number of ether oxygens (including phenoxy) is 5. The molecule has 15 heteroatoms. The zero-order chi connectivity index (χ0) is 46.6. The maximum atomic E-state index is 14.3. The lowest BCUT2D eigenvalue weighted by molar-refractivity contribution is -0.0617. The third-order valence-corrected chi connectivity index (χ3v) is 11.8. The second-order valence-corrected chi connectivity index (χ2v) is 16.2. The van der Waals surface area contributed by atoms with Crippen molar-refractivity contribution in [1.82, 2.24) is 14.1 Å². The van der Waals surface area contributed by atoms with Crippen LogP contribution in [0.15, 0.2) is 170 Å². The van der Waals surface area contributed by atoms with Crippen LogP contribution >= 0.6 is 23.8 Å². The number of nitrogens with zero attached hydrogens (tertiary/aromatic N) is 3. The van der Waals surface area contributed by atoms with Gasteiger partial charge in [0.15, 0.2) is 23.2 Å². The minimum Gasteiger partial charge on any atom is -0.495 e. The van der Waals surface area contributed by atoms with Gasteiger partial charge in [0.1, 0.15) is 29.6 Å². The quantitative estimate of drug-likeness (QED) is 0.0518. The second-order valence-electron chi connectivity index (χ2n) is 15.4. The van der Waals surface area contributed by atoms with Crippen molar-refractivity contribution in [3.8, 4) is 33.8 Å². The van der Waals surface area contributed by atoms with E-state index in [2.05, 4.69) is 0 Å². The van der Waals surface area contributed by atoms with Crippen molar-refractivity contribution < 1.29 is 38.1 Å². The molecule has 0 radical (unpaired) electrons. The van der Waals surface area contributed by atoms with E-state index >= 15 is 0 Å². The second kappa shape index (κ2) is 19.3. The Morgan fingerprint density at radius 1 is 0.716 bits per heavy atom. The van der Waals surface area contributed by atoms with Gasteiger partial charge in [0.25, 0.3) is 0 Å². The molecule has 9 rings (SSSR count). The minimum absolute atomic E-state index is 0.0400. The number of fused-ring (bicyclic) bond motifs is 1. The zero-order valence-corrected chi connectivity index (χ0v) is 37.2. The molecule has 1 fully saturated rings. The number of para-hydroxylation sites is 2. The highest BCUT2D eigenvalue weighted by Crippen LogP contribution is 2.40. The fourth-order valence-electron chi connectivity index (χ4n) is 7.96. The molecule has 334 valence electrons. The number of hydrogen-bond donors (Lipinski definition) is 2. The molecule has 3 heterocycles. The number of nitrogen functional groups attached to an aromatic ring is 1. The van der Waals surface area contributed by atoms with Crippen LogP contribution in [0, 0.1) is 10.2 Å². The van der Waals surface area contributed by atoms with Gasteiger partial charge in [-0.1, -0.05) is 103 Å². The summed E-state index contributed by atoms with van der Waals surface area (Å²) < 4.78 is 34.3. The third-order valence-electron chi connectivity index (χ3n) is 11.2. The number of nitrogens with two attached hydrogens (primary N) is 1. The van der Waals surface area contributed by atoms with E-state index in [1.165, 1.54) is 16.2 Å². The molecule has 6 aromatic carbocycles. The zero-order valence-electron chi connectivity index (χ0n) is 35.7. The Morgan fingerprint density at radius 2 is 1.30 bits per heavy atom. The summed E-state index contributed by atoms with van der Waals surface area (Å²) in [4.78, 5) is 47.2. The van der Waals surface area contributed by atoms with E-state index in [-0.39, 0.29) is 38.0 Å². The topological polar surface area (TPSA) is 170 Å². The fraction of sp³-hybridized carbons (Fsp3) is 0.115. The van der Waals surface area contributed by atoms with Crippen LogP contribution in [0.5, 0.6) is 5.75 Å². The van der Waals surface area contributed by atoms with Crippen LogP contribution in [0.2, 0.25) is 5.02 Å². The number of halogens is 1. The Balaban J connectivity index is 1.33. The highest BCUT2D eigenvalue weighted by Gasteiger charge is 2.52. The first-order valence-corrected chi connectivity index (χ1v) is 21.8. The van der Waals surface area contributed by atoms with Crippen LogP contribution in [0.3, 0.4) is 0 Å². The maximum absolute atomic E-state index is 14.3. The Bertz CT molecular complexity index is 3260. The van der Waals surface area contributed by atoms with Gasteiger partial charge in [-0.3, -0.25) is 14.5 Å². The molecule has 1 aliphatic rings. The standard InChI is InChI=1S/C52H40ClN5O8S/c1-62-41-23-12-11-22-40(41)57-46(55)43-38(35-20-13-21-36(53)28-35)29-39(31-24-26-37(54)27-25-31)56-47(43)58(52(57)67)48-45(66-51(61)34-18-9-4-10-19-34)44(65-50(60)33-16-7-3-8-17-33)42(64-48)30-63-49(59)32-14-5-2-6-15-32/h2-29,42,44-45,48,55H,30,54H2,1H3/t42-,44-,45-,48-/m1/s1. The summed E-state index contributed by atoms with van der Waals surface area (Å²) in [5, 5.41) is 10.8. The lowest BCUT2D eigenvalue weighted by atomic mass is 9.99. The van der Waals surface area contributed by atoms with Gasteiger partial charge in [0, 0.05) is 16.3 Å². The SMILES string of the molecule is COc1ccccc1-n1c(=N)c2c(-c3cccc(Cl)c3)cc(-c3ccc(N)cc3)nc2n([C@@H]2O[C@H](COC(=O)c3ccccc3)[C@@H](OC(=O)c3ccccc3)[C@H]2OC(=O)c2ccccc2)c1=S. The molecule has 67 heavy (non-hydrogen) atoms. The van der Waals surface area contributed by atoms with Gasteiger partial charge in [-0.15, -0.1) is 0 Å². The van der Waals surface area contributed by atoms with E-state index < -0.39 is 49.1 Å². The molecule has 3 N–H and O–H groups in total. The average molecular weight is 930 g/mol. The number of methoxy groups -OCH3 is 1. The van der Waals surface area contributed by atoms with Crippen molar-refractivity contribution in [2.45, 2.75) is 24.5 Å². The molecule has 4 atom stereocenters. The normalized spacial score (nSPS) is 16.6. The smallest absolute Gasteiger partial charge is 0.338 e. The first-order valence-electron chi connectivity index (χ1n) is 21.0. The van der Waals surface area contributed by atoms with Crippen LogP contribution in [-0.4, -0.2) is 64.1 Å². The Morgan fingerprint density at radius 3 is 1.91 bits per heavy atom. The lowest BCUT2D eigenvalue weighted by Crippen LogP contribution is -2.42. The maximum Gasteiger partial charge on any atom is 0.338 e. The van der Waals surface area contributed by atoms with E-state index in [9.17, 15) is 19.8 Å². The third kappa shape index (κ3) is 9.05. The molecule has 1 saturated heterocycles. The van der Waals surface area contributed by atoms with Crippen molar-refractivity contribution in [3.05, 3.63) is 202 Å². The van der Waals surface area contributed by atoms with Gasteiger partial charge in [-0.05, 0) is 102 Å². The van der Waals surface area contributed by atoms with Crippen LogP contribution in [0.25, 0.3) is 39.1 Å². The molecule has 0 bridgehead atoms. The van der Waals surface area contributed by atoms with Crippen LogP contribution in [0.1, 0.15) is 37.3 Å². The van der Waals surface area contributed by atoms with E-state index in [1.54, 1.807) is 146 Å². The highest BCUT2D eigenvalue weighted by molar-refractivity contribution is 7.71. The summed E-state index contributed by atoms with van der Waals surface area (Å²) in [7, 11) is 1.51. The summed E-state index contributed by atoms with van der Waals surface area (Å²) >= 11 is 13.1. The Kier molecular flexibility index (Phi) is 12.7. The largest absolute Gasteiger partial charge is 0.495 e. The highest BCUT2D eigenvalue weighted by atomic mass is 35.5. The van der Waals surface area contributed by atoms with Gasteiger partial charge in [-0.25, -0.2) is 19.4 Å². The van der Waals surface area contributed by atoms with E-state index in [0.717, 1.165) is 0 Å². The van der Waals surface area contributed by atoms with E-state index in [4.69, 9.17) is 58.2 Å². The van der Waals surface area contributed by atoms with Crippen molar-refractivity contribution in [2.24, 2.45) is 0 Å². The van der Waals surface area contributed by atoms with Gasteiger partial charge < -0.3 is 29.4 Å². The molecule has 0 unspecified atom stereocenters. The number of pyridine rings is 1. The predicted molar refractivity (Wildman–Crippen MR) is 255 cm³/mol. The molecule has 0 aliphatic carbocycles. The summed E-state index contributed by atoms with van der Waals surface area (Å²) in [6.45, 7) is -0.456. The van der Waals surface area contributed by atoms with Crippen LogP contribution in [0.4, 0.5) is 5.69 Å². The van der Waals surface area contributed by atoms with E-state index in [1.807, 2.05) is 24.3 Å². The molecule has 0 spiro atoms. The predicted octanol–water partition coefficient (Wildman–Crippen LogP) is 9.82. The number of hydrogen-bond acceptors (Lipinski definition) is 12. The number of nitrogens with one attached hydrogen (secondary N) is 1. The fourth-order valence-corrected chi connectivity index (χ4v) is 8.53. The van der Waals surface area contributed by atoms with Crippen molar-refractivity contribution in [3.63, 3.8) is 0 Å². The summed E-state index contributed by atoms with van der Waals surface area (Å²) in [6, 6.07) is 48.1. The number of carbonyl (C=O) groups is 3. The molecule has 0 saturated carbocycles. The van der Waals surface area contributed by atoms with E-state index in [0.29, 0.717) is 44.5 Å². The number of esters is 3. The van der Waals surface area contributed by atoms with Crippen molar-refractivity contribution in [1.29, 1.82) is 5.41 Å². The van der Waals surface area contributed by atoms with Gasteiger partial charge in [0.05, 0.1) is 40.6 Å². The van der Waals surface area contributed by atoms with Gasteiger partial charge >= 0.3 is 17.9 Å². The first-order chi connectivity index (χ1) is 32.6. The first kappa shape index (κ1) is 44.3. The summed E-state index contributed by atoms with van der Waals surface area (Å²) in [5.41, 5.74) is 10.1. The van der Waals surface area contributed by atoms with Crippen LogP contribution < -0.4 is 16.0 Å². The molecule has 0 amide bonds. The summed E-state index contributed by atoms with van der Waals surface area (Å²) in [5.74, 6) is -1.83. The number of carbonyl (C=O) groups excluding carboxylic acids is 3. The molecule has 1 aliphatic heterocycles. The molecule has 13 nitrogen and oxygen atoms in total. The number of anilines is 1. The Labute approximate surface area is 394 Å². The van der Waals surface area contributed by atoms with Crippen LogP contribution in [-0.2, 0) is 18.9 Å². The average Bonchev–Trinajstić information content (AvgIpc) is 3.68. The molecule has 8 aromatic rings. The van der Waals surface area contributed by atoms with Gasteiger partial charge in [-0.2, -0.15) is 0 Å². The van der Waals surface area contributed by atoms with Crippen molar-refractivity contribution in [2.75, 3.05) is 19.5 Å². The lowest BCUT2D eigenvalue weighted by Gasteiger charge is -2.28. The molecular weight excluding hydrogens is 890 g/mol. The molecule has 2 aromatic heterocycles.